The summed E-state index contributed by atoms with van der Waals surface area (Å²) >= 11 is 0. The minimum Gasteiger partial charge on any atom is -0.456 e. The van der Waals surface area contributed by atoms with Crippen molar-refractivity contribution in [2.24, 2.45) is 0 Å². The molecule has 12 heteroatoms. The number of esters is 1. The number of aromatic nitrogens is 1. The average molecular weight is 489 g/mol. The molecule has 0 aliphatic carbocycles. The van der Waals surface area contributed by atoms with Crippen molar-refractivity contribution in [2.75, 3.05) is 32.1 Å². The molecule has 0 saturated carbocycles. The number of aryl methyl sites for hydroxylation is 1. The van der Waals surface area contributed by atoms with Crippen LogP contribution in [-0.4, -0.2) is 57.3 Å². The largest absolute Gasteiger partial charge is 0.456 e. The summed E-state index contributed by atoms with van der Waals surface area (Å²) in [6.45, 7) is 0.689. The van der Waals surface area contributed by atoms with Gasteiger partial charge < -0.3 is 14.6 Å². The third-order valence-electron chi connectivity index (χ3n) is 5.19. The topological polar surface area (TPSA) is 152 Å². The van der Waals surface area contributed by atoms with Crippen LogP contribution in [0, 0.1) is 10.1 Å². The number of para-hydroxylation sites is 1. The highest BCUT2D eigenvalue weighted by Crippen LogP contribution is 2.29. The number of rotatable bonds is 10. The lowest BCUT2D eigenvalue weighted by Crippen LogP contribution is -2.31. The first-order valence-electron chi connectivity index (χ1n) is 10.3. The van der Waals surface area contributed by atoms with Gasteiger partial charge >= 0.3 is 5.97 Å². The Morgan fingerprint density at radius 2 is 1.94 bits per heavy atom. The predicted octanol–water partition coefficient (Wildman–Crippen LogP) is 2.41. The number of sulfonamides is 1. The number of carbonyl (C=O) groups is 2. The number of ketones is 1. The normalized spacial score (nSPS) is 11.4. The Morgan fingerprint density at radius 3 is 2.59 bits per heavy atom. The Morgan fingerprint density at radius 1 is 1.21 bits per heavy atom. The average Bonchev–Trinajstić information content (AvgIpc) is 3.25. The second kappa shape index (κ2) is 10.0. The van der Waals surface area contributed by atoms with Crippen LogP contribution in [0.3, 0.4) is 0 Å². The highest BCUT2D eigenvalue weighted by atomic mass is 32.2. The minimum absolute atomic E-state index is 0.227. The molecule has 0 amide bonds. The third-order valence-corrected chi connectivity index (χ3v) is 6.59. The van der Waals surface area contributed by atoms with Crippen molar-refractivity contribution in [3.05, 3.63) is 63.8 Å². The van der Waals surface area contributed by atoms with Crippen LogP contribution < -0.4 is 9.62 Å². The number of hydrogen-bond acceptors (Lipinski definition) is 8. The summed E-state index contributed by atoms with van der Waals surface area (Å²) in [5.74, 6) is -1.41. The summed E-state index contributed by atoms with van der Waals surface area (Å²) in [5, 5.41) is 12.0. The zero-order valence-electron chi connectivity index (χ0n) is 18.8. The molecule has 0 aliphatic rings. The van der Waals surface area contributed by atoms with Crippen molar-refractivity contribution in [2.45, 2.75) is 18.2 Å². The molecule has 0 unspecified atom stereocenters. The summed E-state index contributed by atoms with van der Waals surface area (Å²) in [4.78, 5) is 39.3. The maximum absolute atomic E-state index is 12.5. The summed E-state index contributed by atoms with van der Waals surface area (Å²) in [6, 6.07) is 8.98. The van der Waals surface area contributed by atoms with Crippen molar-refractivity contribution >= 4 is 44.1 Å². The maximum atomic E-state index is 12.5. The molecule has 0 atom stereocenters. The lowest BCUT2D eigenvalue weighted by Gasteiger charge is -2.13. The zero-order chi connectivity index (χ0) is 25.0. The second-order valence-corrected chi connectivity index (χ2v) is 9.37. The van der Waals surface area contributed by atoms with Crippen LogP contribution in [-0.2, 0) is 26.0 Å². The molecule has 180 valence electrons. The van der Waals surface area contributed by atoms with Crippen molar-refractivity contribution < 1.29 is 27.7 Å². The highest BCUT2D eigenvalue weighted by molar-refractivity contribution is 7.89. The number of H-pyrrole nitrogens is 1. The van der Waals surface area contributed by atoms with Gasteiger partial charge in [-0.2, -0.15) is 4.72 Å². The van der Waals surface area contributed by atoms with Crippen LogP contribution in [0.5, 0.6) is 0 Å². The first-order chi connectivity index (χ1) is 16.0. The predicted molar refractivity (Wildman–Crippen MR) is 126 cm³/mol. The van der Waals surface area contributed by atoms with Crippen LogP contribution in [0.2, 0.25) is 0 Å². The quantitative estimate of drug-likeness (QED) is 0.191. The summed E-state index contributed by atoms with van der Waals surface area (Å²) in [7, 11) is -1.06. The molecule has 3 aromatic rings. The van der Waals surface area contributed by atoms with Gasteiger partial charge in [-0.15, -0.1) is 0 Å². The third kappa shape index (κ3) is 5.24. The number of nitro benzene ring substituents is 1. The number of anilines is 1. The summed E-state index contributed by atoms with van der Waals surface area (Å²) in [5.41, 5.74) is 2.08. The van der Waals surface area contributed by atoms with E-state index in [9.17, 15) is 28.1 Å². The van der Waals surface area contributed by atoms with E-state index < -0.39 is 45.5 Å². The molecule has 2 aromatic carbocycles. The molecular weight excluding hydrogens is 464 g/mol. The molecular formula is C22H24N4O7S. The molecule has 0 radical (unpaired) electrons. The number of fused-ring (bicyclic) bond motifs is 1. The van der Waals surface area contributed by atoms with Gasteiger partial charge in [0, 0.05) is 42.8 Å². The number of carbonyl (C=O) groups excluding carboxylic acids is 2. The number of nitrogens with one attached hydrogen (secondary N) is 2. The van der Waals surface area contributed by atoms with E-state index in [1.165, 1.54) is 17.0 Å². The van der Waals surface area contributed by atoms with E-state index in [4.69, 9.17) is 4.74 Å². The van der Waals surface area contributed by atoms with E-state index in [2.05, 4.69) is 4.98 Å². The first kappa shape index (κ1) is 24.9. The monoisotopic (exact) mass is 488 g/mol. The molecule has 2 N–H and O–H groups in total. The van der Waals surface area contributed by atoms with E-state index in [1.54, 1.807) is 26.4 Å². The Bertz CT molecular complexity index is 1360. The Labute approximate surface area is 195 Å². The molecule has 3 rings (SSSR count). The number of ether oxygens (including phenoxy) is 1. The molecule has 0 saturated heterocycles. The Hall–Kier alpha value is -3.77. The van der Waals surface area contributed by atoms with Gasteiger partial charge in [-0.1, -0.05) is 25.1 Å². The number of nitrogens with zero attached hydrogens (tertiary/aromatic N) is 2. The van der Waals surface area contributed by atoms with E-state index >= 15 is 0 Å². The van der Waals surface area contributed by atoms with Crippen LogP contribution in [0.1, 0.15) is 22.8 Å². The molecule has 11 nitrogen and oxygen atoms in total. The number of aromatic amines is 1. The molecule has 1 heterocycles. The molecule has 34 heavy (non-hydrogen) atoms. The van der Waals surface area contributed by atoms with E-state index in [0.29, 0.717) is 10.9 Å². The van der Waals surface area contributed by atoms with Crippen molar-refractivity contribution in [3.63, 3.8) is 0 Å². The standard InChI is InChI=1S/C22H24N4O7S/c1-4-14-6-5-7-16-17(11-23-22(14)16)20(27)13-33-21(28)12-24-34(31,32)15-8-9-18(25(2)3)19(10-15)26(29)30/h5-11,23-24H,4,12-13H2,1-3H3. The van der Waals surface area contributed by atoms with Crippen LogP contribution >= 0.6 is 0 Å². The lowest BCUT2D eigenvalue weighted by atomic mass is 10.1. The van der Waals surface area contributed by atoms with Crippen LogP contribution in [0.4, 0.5) is 11.4 Å². The molecule has 0 fully saturated rings. The SMILES string of the molecule is CCc1cccc2c(C(=O)COC(=O)CNS(=O)(=O)c3ccc(N(C)C)c([N+](=O)[O-])c3)c[nH]c12. The second-order valence-electron chi connectivity index (χ2n) is 7.61. The van der Waals surface area contributed by atoms with Gasteiger partial charge in [-0.05, 0) is 24.1 Å². The smallest absolute Gasteiger partial charge is 0.321 e. The molecule has 0 aliphatic heterocycles. The first-order valence-corrected chi connectivity index (χ1v) is 11.8. The number of nitro groups is 1. The zero-order valence-corrected chi connectivity index (χ0v) is 19.6. The van der Waals surface area contributed by atoms with Gasteiger partial charge in [-0.25, -0.2) is 8.42 Å². The van der Waals surface area contributed by atoms with E-state index in [0.717, 1.165) is 23.6 Å². The molecule has 1 aromatic heterocycles. The van der Waals surface area contributed by atoms with Crippen molar-refractivity contribution in [1.82, 2.24) is 9.71 Å². The van der Waals surface area contributed by atoms with Crippen molar-refractivity contribution in [3.8, 4) is 0 Å². The van der Waals surface area contributed by atoms with Gasteiger partial charge in [0.1, 0.15) is 12.2 Å². The van der Waals surface area contributed by atoms with Gasteiger partial charge in [-0.3, -0.25) is 19.7 Å². The number of benzene rings is 2. The van der Waals surface area contributed by atoms with Gasteiger partial charge in [0.25, 0.3) is 5.69 Å². The summed E-state index contributed by atoms with van der Waals surface area (Å²) in [6.07, 6.45) is 2.33. The fraction of sp³-hybridized carbons (Fsp3) is 0.273. The highest BCUT2D eigenvalue weighted by Gasteiger charge is 2.23. The minimum atomic E-state index is -4.24. The lowest BCUT2D eigenvalue weighted by molar-refractivity contribution is -0.384. The van der Waals surface area contributed by atoms with Crippen LogP contribution in [0.25, 0.3) is 10.9 Å². The van der Waals surface area contributed by atoms with Gasteiger partial charge in [0.05, 0.1) is 9.82 Å². The Kier molecular flexibility index (Phi) is 7.32. The summed E-state index contributed by atoms with van der Waals surface area (Å²) < 4.78 is 32.0. The molecule has 0 spiro atoms. The maximum Gasteiger partial charge on any atom is 0.321 e. The number of hydrogen-bond donors (Lipinski definition) is 2. The number of Topliss-reactive ketones (excluding diaryl/α,β-unsaturated/α-hetero) is 1. The van der Waals surface area contributed by atoms with Crippen molar-refractivity contribution in [1.29, 1.82) is 0 Å². The van der Waals surface area contributed by atoms with E-state index in [1.807, 2.05) is 23.8 Å². The molecule has 0 bridgehead atoms. The van der Waals surface area contributed by atoms with Crippen LogP contribution in [0.15, 0.2) is 47.5 Å². The van der Waals surface area contributed by atoms with Gasteiger partial charge in [0.2, 0.25) is 15.8 Å². The Balaban J connectivity index is 1.63. The fourth-order valence-electron chi connectivity index (χ4n) is 3.45. The van der Waals surface area contributed by atoms with E-state index in [-0.39, 0.29) is 10.6 Å². The fourth-order valence-corrected chi connectivity index (χ4v) is 4.44. The van der Waals surface area contributed by atoms with Gasteiger partial charge in [0.15, 0.2) is 6.61 Å².